The summed E-state index contributed by atoms with van der Waals surface area (Å²) in [5.74, 6) is 1.12. The lowest BCUT2D eigenvalue weighted by Gasteiger charge is -2.12. The van der Waals surface area contributed by atoms with Gasteiger partial charge in [-0.3, -0.25) is 0 Å². The monoisotopic (exact) mass is 253 g/mol. The van der Waals surface area contributed by atoms with Crippen molar-refractivity contribution in [2.24, 2.45) is 5.92 Å². The van der Waals surface area contributed by atoms with E-state index in [0.29, 0.717) is 11.9 Å². The molecule has 0 aliphatic carbocycles. The standard InChI is InChI=1S/C11H19N5O2/c1-16-5-4-8(7-16)6-12-9-13-10(17-2)15-11(14-9)18-3/h8H,4-7H2,1-3H3,(H,12,13,14,15). The van der Waals surface area contributed by atoms with Crippen LogP contribution in [-0.2, 0) is 0 Å². The van der Waals surface area contributed by atoms with Gasteiger partial charge in [0.05, 0.1) is 14.2 Å². The molecule has 2 rings (SSSR count). The first-order chi connectivity index (χ1) is 8.71. The third-order valence-corrected chi connectivity index (χ3v) is 3.00. The molecular formula is C11H19N5O2. The zero-order valence-corrected chi connectivity index (χ0v) is 11.0. The topological polar surface area (TPSA) is 72.4 Å². The highest BCUT2D eigenvalue weighted by molar-refractivity contribution is 5.27. The second kappa shape index (κ2) is 5.81. The highest BCUT2D eigenvalue weighted by atomic mass is 16.5. The van der Waals surface area contributed by atoms with E-state index in [1.807, 2.05) is 0 Å². The molecule has 0 amide bonds. The Labute approximate surface area is 107 Å². The summed E-state index contributed by atoms with van der Waals surface area (Å²) in [6.07, 6.45) is 1.20. The van der Waals surface area contributed by atoms with Gasteiger partial charge in [0.25, 0.3) is 0 Å². The van der Waals surface area contributed by atoms with Crippen molar-refractivity contribution in [3.8, 4) is 12.0 Å². The van der Waals surface area contributed by atoms with E-state index in [9.17, 15) is 0 Å². The molecule has 1 aromatic rings. The molecule has 0 radical (unpaired) electrons. The molecule has 1 atom stereocenters. The van der Waals surface area contributed by atoms with E-state index in [0.717, 1.165) is 19.6 Å². The molecule has 1 fully saturated rings. The summed E-state index contributed by atoms with van der Waals surface area (Å²) in [4.78, 5) is 14.5. The van der Waals surface area contributed by atoms with Gasteiger partial charge in [-0.15, -0.1) is 4.98 Å². The maximum atomic E-state index is 5.00. The molecular weight excluding hydrogens is 234 g/mol. The first kappa shape index (κ1) is 12.8. The van der Waals surface area contributed by atoms with E-state index >= 15 is 0 Å². The zero-order valence-electron chi connectivity index (χ0n) is 11.0. The van der Waals surface area contributed by atoms with Crippen LogP contribution in [0.4, 0.5) is 5.95 Å². The van der Waals surface area contributed by atoms with E-state index in [1.165, 1.54) is 20.6 Å². The van der Waals surface area contributed by atoms with Crippen LogP contribution in [0.25, 0.3) is 0 Å². The molecule has 7 nitrogen and oxygen atoms in total. The molecule has 0 saturated carbocycles. The number of hydrogen-bond acceptors (Lipinski definition) is 7. The van der Waals surface area contributed by atoms with Crippen molar-refractivity contribution in [3.05, 3.63) is 0 Å². The third-order valence-electron chi connectivity index (χ3n) is 3.00. The highest BCUT2D eigenvalue weighted by Crippen LogP contribution is 2.16. The Morgan fingerprint density at radius 2 is 1.89 bits per heavy atom. The summed E-state index contributed by atoms with van der Waals surface area (Å²) in [6.45, 7) is 3.10. The van der Waals surface area contributed by atoms with Crippen LogP contribution in [0.1, 0.15) is 6.42 Å². The lowest BCUT2D eigenvalue weighted by atomic mass is 10.1. The van der Waals surface area contributed by atoms with Crippen LogP contribution < -0.4 is 14.8 Å². The van der Waals surface area contributed by atoms with E-state index in [-0.39, 0.29) is 12.0 Å². The van der Waals surface area contributed by atoms with Crippen molar-refractivity contribution in [3.63, 3.8) is 0 Å². The molecule has 7 heteroatoms. The predicted octanol–water partition coefficient (Wildman–Crippen LogP) is 0.252. The third kappa shape index (κ3) is 3.19. The molecule has 1 aliphatic heterocycles. The second-order valence-electron chi connectivity index (χ2n) is 4.43. The van der Waals surface area contributed by atoms with Gasteiger partial charge >= 0.3 is 12.0 Å². The fraction of sp³-hybridized carbons (Fsp3) is 0.727. The number of anilines is 1. The number of hydrogen-bond donors (Lipinski definition) is 1. The number of nitrogens with zero attached hydrogens (tertiary/aromatic N) is 4. The van der Waals surface area contributed by atoms with E-state index in [1.54, 1.807) is 0 Å². The second-order valence-corrected chi connectivity index (χ2v) is 4.43. The quantitative estimate of drug-likeness (QED) is 0.806. The van der Waals surface area contributed by atoms with Gasteiger partial charge in [0.15, 0.2) is 0 Å². The van der Waals surface area contributed by atoms with Crippen LogP contribution in [-0.4, -0.2) is 60.8 Å². The summed E-state index contributed by atoms with van der Waals surface area (Å²) < 4.78 is 9.99. The van der Waals surface area contributed by atoms with Crippen molar-refractivity contribution in [2.45, 2.75) is 6.42 Å². The molecule has 1 aliphatic rings. The number of ether oxygens (including phenoxy) is 2. The Hall–Kier alpha value is -1.63. The molecule has 18 heavy (non-hydrogen) atoms. The molecule has 1 saturated heterocycles. The predicted molar refractivity (Wildman–Crippen MR) is 67.0 cm³/mol. The molecule has 1 N–H and O–H groups in total. The average molecular weight is 253 g/mol. The van der Waals surface area contributed by atoms with Crippen LogP contribution in [0, 0.1) is 5.92 Å². The minimum atomic E-state index is 0.257. The fourth-order valence-corrected chi connectivity index (χ4v) is 2.03. The number of aromatic nitrogens is 3. The van der Waals surface area contributed by atoms with Crippen LogP contribution in [0.2, 0.25) is 0 Å². The first-order valence-corrected chi connectivity index (χ1v) is 5.97. The van der Waals surface area contributed by atoms with Crippen molar-refractivity contribution >= 4 is 5.95 Å². The average Bonchev–Trinajstić information content (AvgIpc) is 2.81. The number of rotatable bonds is 5. The summed E-state index contributed by atoms with van der Waals surface area (Å²) in [5, 5.41) is 3.21. The number of likely N-dealkylation sites (tertiary alicyclic amines) is 1. The highest BCUT2D eigenvalue weighted by Gasteiger charge is 2.19. The molecule has 0 spiro atoms. The molecule has 100 valence electrons. The van der Waals surface area contributed by atoms with Gasteiger partial charge < -0.3 is 19.7 Å². The molecule has 1 aromatic heterocycles. The Morgan fingerprint density at radius 1 is 1.22 bits per heavy atom. The van der Waals surface area contributed by atoms with Crippen molar-refractivity contribution < 1.29 is 9.47 Å². The summed E-state index contributed by atoms with van der Waals surface area (Å²) in [6, 6.07) is 0.515. The summed E-state index contributed by atoms with van der Waals surface area (Å²) in [7, 11) is 5.17. The minimum Gasteiger partial charge on any atom is -0.467 e. The maximum Gasteiger partial charge on any atom is 0.324 e. The lowest BCUT2D eigenvalue weighted by Crippen LogP contribution is -2.20. The fourth-order valence-electron chi connectivity index (χ4n) is 2.03. The molecule has 2 heterocycles. The number of methoxy groups -OCH3 is 2. The van der Waals surface area contributed by atoms with E-state index in [2.05, 4.69) is 32.2 Å². The van der Waals surface area contributed by atoms with Crippen LogP contribution in [0.5, 0.6) is 12.0 Å². The van der Waals surface area contributed by atoms with Gasteiger partial charge in [0, 0.05) is 13.1 Å². The smallest absolute Gasteiger partial charge is 0.324 e. The Bertz CT molecular complexity index is 379. The van der Waals surface area contributed by atoms with Crippen LogP contribution in [0.15, 0.2) is 0 Å². The molecule has 0 bridgehead atoms. The molecule has 1 unspecified atom stereocenters. The Kier molecular flexibility index (Phi) is 4.14. The van der Waals surface area contributed by atoms with E-state index in [4.69, 9.17) is 9.47 Å². The van der Waals surface area contributed by atoms with Gasteiger partial charge in [0.2, 0.25) is 5.95 Å². The summed E-state index contributed by atoms with van der Waals surface area (Å²) >= 11 is 0. The van der Waals surface area contributed by atoms with Gasteiger partial charge in [-0.2, -0.15) is 9.97 Å². The molecule has 0 aromatic carbocycles. The Balaban J connectivity index is 1.95. The SMILES string of the molecule is COc1nc(NCC2CCN(C)C2)nc(OC)n1. The van der Waals surface area contributed by atoms with Crippen LogP contribution in [0.3, 0.4) is 0 Å². The van der Waals surface area contributed by atoms with Gasteiger partial charge in [-0.25, -0.2) is 0 Å². The van der Waals surface area contributed by atoms with Crippen LogP contribution >= 0.6 is 0 Å². The first-order valence-electron chi connectivity index (χ1n) is 5.97. The van der Waals surface area contributed by atoms with Crippen molar-refractivity contribution in [2.75, 3.05) is 46.2 Å². The summed E-state index contributed by atoms with van der Waals surface area (Å²) in [5.41, 5.74) is 0. The largest absolute Gasteiger partial charge is 0.467 e. The van der Waals surface area contributed by atoms with Crippen molar-refractivity contribution in [1.82, 2.24) is 19.9 Å². The van der Waals surface area contributed by atoms with Crippen molar-refractivity contribution in [1.29, 1.82) is 0 Å². The van der Waals surface area contributed by atoms with Gasteiger partial charge in [0.1, 0.15) is 0 Å². The van der Waals surface area contributed by atoms with Gasteiger partial charge in [-0.1, -0.05) is 0 Å². The minimum absolute atomic E-state index is 0.257. The Morgan fingerprint density at radius 3 is 2.39 bits per heavy atom. The van der Waals surface area contributed by atoms with E-state index < -0.39 is 0 Å². The maximum absolute atomic E-state index is 5.00. The van der Waals surface area contributed by atoms with Gasteiger partial charge in [-0.05, 0) is 25.9 Å². The lowest BCUT2D eigenvalue weighted by molar-refractivity contribution is 0.341. The number of nitrogens with one attached hydrogen (secondary N) is 1. The zero-order chi connectivity index (χ0) is 13.0. The normalized spacial score (nSPS) is 19.8.